The van der Waals surface area contributed by atoms with Crippen molar-refractivity contribution in [2.75, 3.05) is 135 Å². The third-order valence-electron chi connectivity index (χ3n) is 32.7. The lowest BCUT2D eigenvalue weighted by atomic mass is 9.68. The summed E-state index contributed by atoms with van der Waals surface area (Å²) in [6.07, 6.45) is 29.4. The molecule has 0 unspecified atom stereocenters. The predicted octanol–water partition coefficient (Wildman–Crippen LogP) is 19.7. The minimum Gasteiger partial charge on any atom is -0.490 e. The number of amides is 3. The number of methoxy groups -OCH3 is 3. The molecule has 3 spiro atoms. The van der Waals surface area contributed by atoms with E-state index in [2.05, 4.69) is 102 Å². The fourth-order valence-electron chi connectivity index (χ4n) is 25.6. The van der Waals surface area contributed by atoms with Gasteiger partial charge in [0.15, 0.2) is 0 Å². The van der Waals surface area contributed by atoms with Gasteiger partial charge in [-0.25, -0.2) is 39.4 Å². The number of anilines is 3. The third kappa shape index (κ3) is 23.8. The van der Waals surface area contributed by atoms with Crippen molar-refractivity contribution in [1.82, 2.24) is 14.2 Å². The highest BCUT2D eigenvalue weighted by Gasteiger charge is 2.51. The molecule has 141 heavy (non-hydrogen) atoms. The summed E-state index contributed by atoms with van der Waals surface area (Å²) in [6.45, 7) is 26.2. The number of nitrogens with zero attached hydrogens (tertiary/aromatic N) is 3. The highest BCUT2D eigenvalue weighted by atomic mass is 35.5. The highest BCUT2D eigenvalue weighted by molar-refractivity contribution is 7.91. The molecule has 6 aliphatic carbocycles. The normalized spacial score (nSPS) is 31.1. The topological polar surface area (TPSA) is 283 Å². The number of nitrogens with one attached hydrogen (secondary N) is 3. The van der Waals surface area contributed by atoms with Crippen molar-refractivity contribution in [2.24, 2.45) is 71.0 Å². The van der Waals surface area contributed by atoms with Gasteiger partial charge in [-0.2, -0.15) is 0 Å². The third-order valence-corrected chi connectivity index (χ3v) is 40.0. The van der Waals surface area contributed by atoms with Crippen LogP contribution < -0.4 is 43.1 Å². The summed E-state index contributed by atoms with van der Waals surface area (Å²) in [5.74, 6) is 1.14. The Morgan fingerprint density at radius 1 is 0.383 bits per heavy atom. The van der Waals surface area contributed by atoms with E-state index >= 15 is 0 Å². The van der Waals surface area contributed by atoms with E-state index in [0.717, 1.165) is 168 Å². The number of halogens is 3. The van der Waals surface area contributed by atoms with Crippen LogP contribution in [0.1, 0.15) is 223 Å². The quantitative estimate of drug-likeness (QED) is 0.0636. The Morgan fingerprint density at radius 2 is 0.660 bits per heavy atom. The van der Waals surface area contributed by atoms with Crippen molar-refractivity contribution in [3.8, 4) is 17.2 Å². The maximum absolute atomic E-state index is 13.8. The SMILES string of the molecule is COCCO[C@H]1/C=C/C[C@@H](C)[C@@H](C(C)C)S(=O)(=O)NC(=O)c2ccc3c(c2)N(C[C@@H]2CC[C@H]21)C[C@@]1(CCCc2cc(Cl)ccc21)CO3.COCCO[C@H]1/C=C/C[C@@H](C)[C@H](C(C)C)S(=O)(=O)NC(=O)c2ccc3c(c2)N(C[C@@H]2CC[C@H]21)C[C@@]1(CCCc2cc(Cl)ccc21)CO3.COCCO[C@H]1/C=C/C[C@H](C)[C@H](C(C)C)S(=O)(=O)NC(=O)c2ccc3c(c2)N(C[C@@H]2CC[C@H]21)C[C@@]1(CCCc2cc(Cl)ccc21)CO3. The van der Waals surface area contributed by atoms with Crippen LogP contribution in [0.2, 0.25) is 15.1 Å². The predicted molar refractivity (Wildman–Crippen MR) is 558 cm³/mol. The van der Waals surface area contributed by atoms with E-state index in [4.69, 9.17) is 77.4 Å². The number of carbonyl (C=O) groups excluding carboxylic acids is 3. The van der Waals surface area contributed by atoms with E-state index in [1.807, 2.05) is 117 Å². The number of rotatable bonds is 15. The smallest absolute Gasteiger partial charge is 0.264 e. The number of hydrogen-bond donors (Lipinski definition) is 3. The van der Waals surface area contributed by atoms with Crippen molar-refractivity contribution >= 4 is 99.7 Å². The second-order valence-corrected chi connectivity index (χ2v) is 50.2. The zero-order valence-electron chi connectivity index (χ0n) is 84.1. The second-order valence-electron chi connectivity index (χ2n) is 43.3. The number of aryl methyl sites for hydroxylation is 3. The Labute approximate surface area is 852 Å². The van der Waals surface area contributed by atoms with Crippen LogP contribution >= 0.6 is 34.8 Å². The first-order valence-corrected chi connectivity index (χ1v) is 57.2. The number of allylic oxidation sites excluding steroid dienone is 3. The minimum absolute atomic E-state index is 0.0987. The first-order valence-electron chi connectivity index (χ1n) is 51.5. The molecule has 18 rings (SSSR count). The van der Waals surface area contributed by atoms with Crippen molar-refractivity contribution in [3.05, 3.63) is 211 Å². The fraction of sp³-hybridized carbons (Fsp3) is 0.595. The second kappa shape index (κ2) is 45.7. The maximum atomic E-state index is 13.8. The molecule has 18 atom stereocenters. The molecule has 0 aromatic heterocycles. The molecule has 6 aliphatic heterocycles. The summed E-state index contributed by atoms with van der Waals surface area (Å²) in [5.41, 5.74) is 10.3. The van der Waals surface area contributed by atoms with Crippen molar-refractivity contribution < 1.29 is 82.3 Å². The molecule has 0 radical (unpaired) electrons. The van der Waals surface area contributed by atoms with Crippen molar-refractivity contribution in [2.45, 2.75) is 228 Å². The average molecular weight is 2060 g/mol. The summed E-state index contributed by atoms with van der Waals surface area (Å²) < 4.78 is 145. The van der Waals surface area contributed by atoms with Crippen molar-refractivity contribution in [1.29, 1.82) is 0 Å². The highest BCUT2D eigenvalue weighted by Crippen LogP contribution is 2.53. The number of sulfonamides is 3. The average Bonchev–Trinajstić information content (AvgIpc) is 1.69. The van der Waals surface area contributed by atoms with Gasteiger partial charge in [-0.3, -0.25) is 14.4 Å². The van der Waals surface area contributed by atoms with Crippen LogP contribution in [-0.4, -0.2) is 197 Å². The zero-order chi connectivity index (χ0) is 100. The Morgan fingerprint density at radius 3 is 0.908 bits per heavy atom. The Hall–Kier alpha value is -7.77. The minimum atomic E-state index is -3.97. The van der Waals surface area contributed by atoms with Crippen LogP contribution in [0.25, 0.3) is 0 Å². The Kier molecular flexibility index (Phi) is 34.4. The molecule has 30 heteroatoms. The van der Waals surface area contributed by atoms with Crippen LogP contribution in [0, 0.1) is 71.0 Å². The van der Waals surface area contributed by atoms with Gasteiger partial charge in [-0.15, -0.1) is 0 Å². The van der Waals surface area contributed by atoms with E-state index in [-0.39, 0.29) is 70.1 Å². The molecule has 6 bridgehead atoms. The van der Waals surface area contributed by atoms with E-state index in [1.54, 1.807) is 39.5 Å². The number of carbonyl (C=O) groups is 3. The van der Waals surface area contributed by atoms with Gasteiger partial charge in [-0.1, -0.05) is 152 Å². The number of ether oxygens (including phenoxy) is 9. The van der Waals surface area contributed by atoms with Gasteiger partial charge in [0.1, 0.15) is 17.2 Å². The molecule has 768 valence electrons. The molecule has 3 amide bonds. The monoisotopic (exact) mass is 2050 g/mol. The van der Waals surface area contributed by atoms with Crippen molar-refractivity contribution in [3.63, 3.8) is 0 Å². The molecule has 3 N–H and O–H groups in total. The zero-order valence-corrected chi connectivity index (χ0v) is 88.8. The molecule has 3 fully saturated rings. The van der Waals surface area contributed by atoms with Crippen LogP contribution in [0.15, 0.2) is 146 Å². The summed E-state index contributed by atoms with van der Waals surface area (Å²) >= 11 is 19.3. The number of benzene rings is 6. The van der Waals surface area contributed by atoms with Gasteiger partial charge >= 0.3 is 0 Å². The molecule has 3 saturated carbocycles. The van der Waals surface area contributed by atoms with E-state index in [1.165, 1.54) is 33.4 Å². The molecule has 24 nitrogen and oxygen atoms in total. The summed E-state index contributed by atoms with van der Waals surface area (Å²) in [4.78, 5) is 48.2. The van der Waals surface area contributed by atoms with Gasteiger partial charge in [0.05, 0.1) is 111 Å². The van der Waals surface area contributed by atoms with Crippen LogP contribution in [0.5, 0.6) is 17.2 Å². The lowest BCUT2D eigenvalue weighted by Crippen LogP contribution is -2.50. The Balaban J connectivity index is 0.000000152. The molecule has 6 aromatic rings. The summed E-state index contributed by atoms with van der Waals surface area (Å²) in [7, 11) is -6.89. The summed E-state index contributed by atoms with van der Waals surface area (Å²) in [5, 5.41) is 0.00537. The molecular weight excluding hydrogens is 1910 g/mol. The fourth-order valence-corrected chi connectivity index (χ4v) is 32.0. The van der Waals surface area contributed by atoms with E-state index in [9.17, 15) is 39.6 Å². The van der Waals surface area contributed by atoms with Gasteiger partial charge in [0.25, 0.3) is 17.7 Å². The molecule has 12 aliphatic rings. The van der Waals surface area contributed by atoms with Gasteiger partial charge in [-0.05, 0) is 311 Å². The molecule has 0 saturated heterocycles. The van der Waals surface area contributed by atoms with Crippen LogP contribution in [0.3, 0.4) is 0 Å². The van der Waals surface area contributed by atoms with Gasteiger partial charge < -0.3 is 57.3 Å². The van der Waals surface area contributed by atoms with Gasteiger partial charge in [0, 0.05) is 109 Å². The first kappa shape index (κ1) is 106. The van der Waals surface area contributed by atoms with Gasteiger partial charge in [0.2, 0.25) is 30.1 Å². The number of fused-ring (bicyclic) bond motifs is 12. The molecular formula is C111H147Cl3N6O18S3. The summed E-state index contributed by atoms with van der Waals surface area (Å²) in [6, 6.07) is 34.7. The van der Waals surface area contributed by atoms with E-state index < -0.39 is 63.5 Å². The molecule has 6 aromatic carbocycles. The van der Waals surface area contributed by atoms with Crippen LogP contribution in [0.4, 0.5) is 17.1 Å². The number of hydrogen-bond acceptors (Lipinski definition) is 21. The van der Waals surface area contributed by atoms with E-state index in [0.29, 0.717) is 148 Å². The lowest BCUT2D eigenvalue weighted by molar-refractivity contribution is -0.0310. The standard InChI is InChI=1S/3C37H49ClN2O6S/c3*1-24(2)35-25(3)7-5-9-33(45-18-17-44-4)30-13-10-28(30)21-40-22-37(16-6-8-26-19-29(38)12-14-31(26)37)23-46-34-15-11-27(20-32(34)40)36(41)39-47(35,42)43/h3*5,9,11-12,14-15,19-20,24-25,28,30,33,35H,6-8,10,13,16-18,21-23H2,1-4H3,(H,39,41)/b3*9-5+/t25-,28+,30-,33+,35+,37+;25-,28+,30-,33+,35-,37+;25-,28-,30+,33-,35-,37-/m110/s1. The largest absolute Gasteiger partial charge is 0.490 e. The first-order chi connectivity index (χ1) is 67.5. The lowest BCUT2D eigenvalue weighted by Gasteiger charge is -2.46. The van der Waals surface area contributed by atoms with Crippen LogP contribution in [-0.2, 0) is 94.0 Å². The molecule has 6 heterocycles. The maximum Gasteiger partial charge on any atom is 0.264 e. The Bertz CT molecular complexity index is 5340.